The number of carbonyl (C=O) groups excluding carboxylic acids is 2. The van der Waals surface area contributed by atoms with Gasteiger partial charge in [0.15, 0.2) is 0 Å². The van der Waals surface area contributed by atoms with E-state index in [-0.39, 0.29) is 25.1 Å². The minimum atomic E-state index is -4.39. The third-order valence-corrected chi connectivity index (χ3v) is 4.08. The summed E-state index contributed by atoms with van der Waals surface area (Å²) < 4.78 is 42.1. The predicted molar refractivity (Wildman–Crippen MR) is 93.2 cm³/mol. The van der Waals surface area contributed by atoms with Gasteiger partial charge in [-0.1, -0.05) is 24.3 Å². The van der Waals surface area contributed by atoms with Gasteiger partial charge in [-0.25, -0.2) is 0 Å². The summed E-state index contributed by atoms with van der Waals surface area (Å²) in [6, 6.07) is 9.94. The molecule has 1 amide bonds. The number of aromatic hydroxyl groups is 1. The quantitative estimate of drug-likeness (QED) is 0.744. The molecular weight excluding hydrogens is 363 g/mol. The normalized spacial score (nSPS) is 11.4. The molecule has 0 aliphatic carbocycles. The molecule has 0 saturated heterocycles. The molecule has 0 atom stereocenters. The van der Waals surface area contributed by atoms with Crippen LogP contribution in [0.15, 0.2) is 36.4 Å². The van der Waals surface area contributed by atoms with E-state index in [1.54, 1.807) is 30.3 Å². The van der Waals surface area contributed by atoms with Crippen molar-refractivity contribution in [1.82, 2.24) is 4.90 Å². The molecule has 5 nitrogen and oxygen atoms in total. The zero-order valence-corrected chi connectivity index (χ0v) is 14.8. The monoisotopic (exact) mass is 383 g/mol. The Kier molecular flexibility index (Phi) is 6.65. The molecular formula is C19H20F3NO4. The molecule has 0 unspecified atom stereocenters. The number of methoxy groups -OCH3 is 1. The summed E-state index contributed by atoms with van der Waals surface area (Å²) in [5.41, 5.74) is 0.633. The molecule has 27 heavy (non-hydrogen) atoms. The van der Waals surface area contributed by atoms with Gasteiger partial charge in [0, 0.05) is 13.1 Å². The molecule has 0 aromatic heterocycles. The van der Waals surface area contributed by atoms with Crippen LogP contribution in [0.4, 0.5) is 13.2 Å². The maximum Gasteiger partial charge on any atom is 0.390 e. The van der Waals surface area contributed by atoms with Crippen molar-refractivity contribution in [3.63, 3.8) is 0 Å². The molecule has 0 fully saturated rings. The van der Waals surface area contributed by atoms with E-state index in [9.17, 15) is 27.9 Å². The number of ether oxygens (including phenoxy) is 1. The van der Waals surface area contributed by atoms with Gasteiger partial charge in [0.1, 0.15) is 5.75 Å². The fourth-order valence-corrected chi connectivity index (χ4v) is 2.63. The van der Waals surface area contributed by atoms with Crippen LogP contribution >= 0.6 is 0 Å². The van der Waals surface area contributed by atoms with E-state index in [1.165, 1.54) is 13.2 Å². The van der Waals surface area contributed by atoms with Crippen LogP contribution in [-0.2, 0) is 20.7 Å². The van der Waals surface area contributed by atoms with Crippen LogP contribution in [0.5, 0.6) is 5.75 Å². The van der Waals surface area contributed by atoms with Crippen LogP contribution in [0.3, 0.4) is 0 Å². The van der Waals surface area contributed by atoms with Crippen molar-refractivity contribution < 1.29 is 32.6 Å². The average Bonchev–Trinajstić information content (AvgIpc) is 2.60. The Bertz CT molecular complexity index is 820. The molecule has 146 valence electrons. The van der Waals surface area contributed by atoms with Gasteiger partial charge in [-0.3, -0.25) is 9.59 Å². The molecule has 0 spiro atoms. The second-order valence-corrected chi connectivity index (χ2v) is 6.11. The van der Waals surface area contributed by atoms with E-state index in [1.807, 2.05) is 0 Å². The fraction of sp³-hybridized carbons (Fsp3) is 0.368. The molecule has 0 heterocycles. The Morgan fingerprint density at radius 2 is 1.74 bits per heavy atom. The van der Waals surface area contributed by atoms with E-state index in [0.29, 0.717) is 5.56 Å². The Balaban J connectivity index is 2.10. The summed E-state index contributed by atoms with van der Waals surface area (Å²) in [5, 5.41) is 11.1. The lowest BCUT2D eigenvalue weighted by Gasteiger charge is -2.23. The number of hydrogen-bond acceptors (Lipinski definition) is 4. The largest absolute Gasteiger partial charge is 0.508 e. The Morgan fingerprint density at radius 1 is 1.07 bits per heavy atom. The summed E-state index contributed by atoms with van der Waals surface area (Å²) in [6.45, 7) is -0.649. The van der Waals surface area contributed by atoms with Crippen molar-refractivity contribution in [1.29, 1.82) is 0 Å². The average molecular weight is 383 g/mol. The molecule has 2 aromatic carbocycles. The standard InChI is InChI=1S/C19H20F3NO4/c1-27-18(26)6-8-23(9-7-19(20,21)22)17(25)11-13-2-3-15-12-16(24)5-4-14(15)10-13/h2-5,10,12,24H,6-9,11H2,1H3. The van der Waals surface area contributed by atoms with Gasteiger partial charge in [0.05, 0.1) is 26.4 Å². The molecule has 2 rings (SSSR count). The number of benzene rings is 2. The SMILES string of the molecule is COC(=O)CCN(CCC(F)(F)F)C(=O)Cc1ccc2cc(O)ccc2c1. The van der Waals surface area contributed by atoms with Crippen LogP contribution in [0.25, 0.3) is 10.8 Å². The van der Waals surface area contributed by atoms with Gasteiger partial charge < -0.3 is 14.7 Å². The van der Waals surface area contributed by atoms with Gasteiger partial charge in [-0.05, 0) is 28.5 Å². The molecule has 8 heteroatoms. The van der Waals surface area contributed by atoms with Crippen molar-refractivity contribution >= 4 is 22.6 Å². The second kappa shape index (κ2) is 8.75. The molecule has 0 radical (unpaired) electrons. The number of alkyl halides is 3. The first-order valence-electron chi connectivity index (χ1n) is 8.31. The van der Waals surface area contributed by atoms with Gasteiger partial charge in [0.2, 0.25) is 5.91 Å². The van der Waals surface area contributed by atoms with Crippen molar-refractivity contribution in [2.45, 2.75) is 25.4 Å². The first-order valence-corrected chi connectivity index (χ1v) is 8.31. The summed E-state index contributed by atoms with van der Waals surface area (Å²) in [4.78, 5) is 24.8. The molecule has 0 bridgehead atoms. The number of carbonyl (C=O) groups is 2. The number of hydrogen-bond donors (Lipinski definition) is 1. The van der Waals surface area contributed by atoms with E-state index in [0.717, 1.165) is 15.7 Å². The van der Waals surface area contributed by atoms with Crippen molar-refractivity contribution in [2.75, 3.05) is 20.2 Å². The first-order chi connectivity index (χ1) is 12.7. The van der Waals surface area contributed by atoms with Crippen LogP contribution < -0.4 is 0 Å². The predicted octanol–water partition coefficient (Wildman–Crippen LogP) is 3.43. The molecule has 0 aliphatic heterocycles. The lowest BCUT2D eigenvalue weighted by atomic mass is 10.0. The van der Waals surface area contributed by atoms with Crippen LogP contribution in [0, 0.1) is 0 Å². The van der Waals surface area contributed by atoms with Crippen molar-refractivity contribution in [3.05, 3.63) is 42.0 Å². The zero-order chi connectivity index (χ0) is 20.0. The highest BCUT2D eigenvalue weighted by atomic mass is 19.4. The van der Waals surface area contributed by atoms with E-state index < -0.39 is 31.0 Å². The van der Waals surface area contributed by atoms with Gasteiger partial charge in [-0.2, -0.15) is 13.2 Å². The summed E-state index contributed by atoms with van der Waals surface area (Å²) in [6.07, 6.45) is -5.79. The highest BCUT2D eigenvalue weighted by Crippen LogP contribution is 2.22. The number of rotatable bonds is 7. The maximum absolute atomic E-state index is 12.5. The minimum absolute atomic E-state index is 0.0875. The molecule has 2 aromatic rings. The third-order valence-electron chi connectivity index (χ3n) is 4.08. The van der Waals surface area contributed by atoms with E-state index >= 15 is 0 Å². The fourth-order valence-electron chi connectivity index (χ4n) is 2.63. The molecule has 0 saturated carbocycles. The van der Waals surface area contributed by atoms with Crippen LogP contribution in [0.1, 0.15) is 18.4 Å². The number of amides is 1. The minimum Gasteiger partial charge on any atom is -0.508 e. The molecule has 1 N–H and O–H groups in total. The highest BCUT2D eigenvalue weighted by molar-refractivity contribution is 5.86. The number of halogens is 3. The number of nitrogens with zero attached hydrogens (tertiary/aromatic N) is 1. The van der Waals surface area contributed by atoms with E-state index in [2.05, 4.69) is 4.74 Å². The Hall–Kier alpha value is -2.77. The summed E-state index contributed by atoms with van der Waals surface area (Å²) in [7, 11) is 1.18. The van der Waals surface area contributed by atoms with Crippen molar-refractivity contribution in [2.24, 2.45) is 0 Å². The first kappa shape index (κ1) is 20.5. The Morgan fingerprint density at radius 3 is 2.41 bits per heavy atom. The van der Waals surface area contributed by atoms with Crippen molar-refractivity contribution in [3.8, 4) is 5.75 Å². The lowest BCUT2D eigenvalue weighted by Crippen LogP contribution is -2.37. The van der Waals surface area contributed by atoms with E-state index in [4.69, 9.17) is 0 Å². The number of phenols is 1. The number of phenolic OH excluding ortho intramolecular Hbond substituents is 1. The smallest absolute Gasteiger partial charge is 0.390 e. The van der Waals surface area contributed by atoms with Gasteiger partial charge in [0.25, 0.3) is 0 Å². The maximum atomic E-state index is 12.5. The summed E-state index contributed by atoms with van der Waals surface area (Å²) >= 11 is 0. The van der Waals surface area contributed by atoms with Crippen LogP contribution in [0.2, 0.25) is 0 Å². The van der Waals surface area contributed by atoms with Gasteiger partial charge >= 0.3 is 12.1 Å². The molecule has 0 aliphatic rings. The third kappa shape index (κ3) is 6.47. The number of esters is 1. The zero-order valence-electron chi connectivity index (χ0n) is 14.8. The number of fused-ring (bicyclic) bond motifs is 1. The topological polar surface area (TPSA) is 66.8 Å². The van der Waals surface area contributed by atoms with Crippen LogP contribution in [-0.4, -0.2) is 48.3 Å². The summed E-state index contributed by atoms with van der Waals surface area (Å²) in [5.74, 6) is -0.973. The van der Waals surface area contributed by atoms with Gasteiger partial charge in [-0.15, -0.1) is 0 Å². The second-order valence-electron chi connectivity index (χ2n) is 6.11. The Labute approximate surface area is 154 Å². The lowest BCUT2D eigenvalue weighted by molar-refractivity contribution is -0.146. The highest BCUT2D eigenvalue weighted by Gasteiger charge is 2.29.